The van der Waals surface area contributed by atoms with E-state index in [0.717, 1.165) is 0 Å². The van der Waals surface area contributed by atoms with Gasteiger partial charge in [-0.3, -0.25) is 0 Å². The van der Waals surface area contributed by atoms with Crippen LogP contribution in [0, 0.1) is 13.5 Å². The summed E-state index contributed by atoms with van der Waals surface area (Å²) < 4.78 is 4.64. The first kappa shape index (κ1) is 13.9. The van der Waals surface area contributed by atoms with Crippen LogP contribution in [0.3, 0.4) is 0 Å². The molecule has 0 amide bonds. The summed E-state index contributed by atoms with van der Waals surface area (Å²) in [6, 6.07) is 16.7. The molecule has 3 heteroatoms. The predicted molar refractivity (Wildman–Crippen MR) is 96.9 cm³/mol. The standard InChI is InChI=1S/C20H15N2S/c1-13-7-9-16-15-10-8-14(21-2)12-18(15)23-20(16)19(13)17-6-4-5-11-22(17)3/h4-12H,1,3H3/q+1. The van der Waals surface area contributed by atoms with Crippen molar-refractivity contribution < 1.29 is 4.57 Å². The Morgan fingerprint density at radius 3 is 2.65 bits per heavy atom. The molecule has 0 spiro atoms. The maximum Gasteiger partial charge on any atom is 0.213 e. The highest BCUT2D eigenvalue weighted by atomic mass is 32.1. The molecular formula is C20H15N2S+. The fourth-order valence-electron chi connectivity index (χ4n) is 3.10. The highest BCUT2D eigenvalue weighted by Gasteiger charge is 2.18. The second kappa shape index (κ2) is 5.19. The molecule has 2 heterocycles. The third-order valence-corrected chi connectivity index (χ3v) is 5.46. The van der Waals surface area contributed by atoms with Gasteiger partial charge in [-0.25, -0.2) is 9.41 Å². The number of rotatable bonds is 1. The van der Waals surface area contributed by atoms with Crippen molar-refractivity contribution in [1.82, 2.24) is 0 Å². The molecule has 2 aromatic heterocycles. The fraction of sp³-hybridized carbons (Fsp3) is 0.100. The third-order valence-electron chi connectivity index (χ3n) is 4.27. The van der Waals surface area contributed by atoms with Gasteiger partial charge in [0, 0.05) is 26.9 Å². The Hall–Kier alpha value is -2.70. The molecule has 0 unspecified atom stereocenters. The number of thiophene rings is 1. The first-order valence-electron chi connectivity index (χ1n) is 7.47. The van der Waals surface area contributed by atoms with Crippen molar-refractivity contribution in [2.24, 2.45) is 7.05 Å². The van der Waals surface area contributed by atoms with Crippen molar-refractivity contribution in [3.8, 4) is 11.3 Å². The van der Waals surface area contributed by atoms with Crippen LogP contribution in [0.25, 0.3) is 36.3 Å². The molecule has 0 N–H and O–H groups in total. The quantitative estimate of drug-likeness (QED) is 0.328. The smallest absolute Gasteiger partial charge is 0.213 e. The minimum atomic E-state index is 0.701. The molecule has 0 fully saturated rings. The summed E-state index contributed by atoms with van der Waals surface area (Å²) in [6.45, 7) is 9.38. The molecule has 4 rings (SSSR count). The first-order valence-corrected chi connectivity index (χ1v) is 8.29. The highest BCUT2D eigenvalue weighted by Crippen LogP contribution is 2.41. The summed E-state index contributed by atoms with van der Waals surface area (Å²) in [5.41, 5.74) is 4.48. The molecule has 2 nitrogen and oxygen atoms in total. The van der Waals surface area contributed by atoms with Crippen LogP contribution in [0.1, 0.15) is 5.56 Å². The number of fused-ring (bicyclic) bond motifs is 3. The monoisotopic (exact) mass is 315 g/mol. The van der Waals surface area contributed by atoms with E-state index in [-0.39, 0.29) is 0 Å². The van der Waals surface area contributed by atoms with Crippen molar-refractivity contribution >= 4 is 37.2 Å². The number of hydrogen-bond acceptors (Lipinski definition) is 1. The van der Waals surface area contributed by atoms with Crippen LogP contribution in [-0.2, 0) is 7.05 Å². The lowest BCUT2D eigenvalue weighted by atomic mass is 10.0. The number of nitrogens with zero attached hydrogens (tertiary/aromatic N) is 2. The molecular weight excluding hydrogens is 300 g/mol. The maximum atomic E-state index is 7.22. The van der Waals surface area contributed by atoms with Gasteiger partial charge >= 0.3 is 0 Å². The van der Waals surface area contributed by atoms with Crippen LogP contribution in [0.5, 0.6) is 0 Å². The van der Waals surface area contributed by atoms with Gasteiger partial charge in [0.25, 0.3) is 0 Å². The zero-order valence-electron chi connectivity index (χ0n) is 13.0. The molecule has 0 atom stereocenters. The zero-order chi connectivity index (χ0) is 16.0. The largest absolute Gasteiger partial charge is 0.238 e. The van der Waals surface area contributed by atoms with E-state index >= 15 is 0 Å². The van der Waals surface area contributed by atoms with Crippen LogP contribution in [0.15, 0.2) is 54.7 Å². The first-order chi connectivity index (χ1) is 11.2. The van der Waals surface area contributed by atoms with E-state index in [0.29, 0.717) is 5.69 Å². The zero-order valence-corrected chi connectivity index (χ0v) is 13.8. The number of pyridine rings is 1. The third kappa shape index (κ3) is 2.11. The van der Waals surface area contributed by atoms with Crippen LogP contribution in [-0.4, -0.2) is 0 Å². The van der Waals surface area contributed by atoms with E-state index < -0.39 is 0 Å². The van der Waals surface area contributed by atoms with Gasteiger partial charge in [-0.1, -0.05) is 24.3 Å². The summed E-state index contributed by atoms with van der Waals surface area (Å²) >= 11 is 1.78. The summed E-state index contributed by atoms with van der Waals surface area (Å²) in [4.78, 5) is 3.56. The Labute approximate surface area is 139 Å². The lowest BCUT2D eigenvalue weighted by molar-refractivity contribution is -0.660. The molecule has 0 aliphatic heterocycles. The molecule has 0 saturated carbocycles. The van der Waals surface area contributed by atoms with Crippen molar-refractivity contribution in [2.45, 2.75) is 6.92 Å². The second-order valence-corrected chi connectivity index (χ2v) is 6.78. The van der Waals surface area contributed by atoms with Gasteiger partial charge in [0.05, 0.1) is 12.1 Å². The van der Waals surface area contributed by atoms with Crippen molar-refractivity contribution in [3.63, 3.8) is 0 Å². The lowest BCUT2D eigenvalue weighted by Gasteiger charge is -2.05. The minimum Gasteiger partial charge on any atom is -0.238 e. The van der Waals surface area contributed by atoms with E-state index in [1.54, 1.807) is 11.3 Å². The Bertz CT molecular complexity index is 1100. The van der Waals surface area contributed by atoms with E-state index in [4.69, 9.17) is 6.57 Å². The minimum absolute atomic E-state index is 0.701. The average molecular weight is 315 g/mol. The Morgan fingerprint density at radius 2 is 1.87 bits per heavy atom. The molecule has 0 saturated heterocycles. The van der Waals surface area contributed by atoms with Crippen molar-refractivity contribution in [2.75, 3.05) is 0 Å². The molecule has 110 valence electrons. The average Bonchev–Trinajstić information content (AvgIpc) is 2.93. The van der Waals surface area contributed by atoms with Gasteiger partial charge < -0.3 is 0 Å². The van der Waals surface area contributed by atoms with Crippen molar-refractivity contribution in [1.29, 1.82) is 0 Å². The van der Waals surface area contributed by atoms with Gasteiger partial charge in [-0.15, -0.1) is 11.3 Å². The summed E-state index contributed by atoms with van der Waals surface area (Å²) in [5.74, 6) is 0. The van der Waals surface area contributed by atoms with Crippen LogP contribution in [0.2, 0.25) is 0 Å². The Balaban J connectivity index is 2.14. The maximum absolute atomic E-state index is 7.22. The Morgan fingerprint density at radius 1 is 1.04 bits per heavy atom. The van der Waals surface area contributed by atoms with Crippen LogP contribution in [0.4, 0.5) is 5.69 Å². The van der Waals surface area contributed by atoms with Gasteiger partial charge in [0.1, 0.15) is 7.05 Å². The number of hydrogen-bond donors (Lipinski definition) is 0. The van der Waals surface area contributed by atoms with Gasteiger partial charge in [-0.2, -0.15) is 0 Å². The number of aryl methyl sites for hydroxylation is 2. The van der Waals surface area contributed by atoms with E-state index in [9.17, 15) is 0 Å². The molecule has 2 aromatic carbocycles. The van der Waals surface area contributed by atoms with Gasteiger partial charge in [-0.05, 0) is 30.0 Å². The lowest BCUT2D eigenvalue weighted by Crippen LogP contribution is -2.30. The summed E-state index contributed by atoms with van der Waals surface area (Å²) in [6.07, 6.45) is 2.08. The summed E-state index contributed by atoms with van der Waals surface area (Å²) in [5, 5.41) is 2.50. The molecule has 4 aromatic rings. The van der Waals surface area contributed by atoms with Crippen molar-refractivity contribution in [3.05, 3.63) is 71.7 Å². The van der Waals surface area contributed by atoms with Crippen LogP contribution < -0.4 is 4.57 Å². The topological polar surface area (TPSA) is 8.24 Å². The normalized spacial score (nSPS) is 11.0. The number of benzene rings is 2. The van der Waals surface area contributed by atoms with Gasteiger partial charge in [0.2, 0.25) is 5.69 Å². The second-order valence-electron chi connectivity index (χ2n) is 5.73. The molecule has 0 aliphatic rings. The Kier molecular flexibility index (Phi) is 3.14. The van der Waals surface area contributed by atoms with E-state index in [1.807, 2.05) is 18.2 Å². The summed E-state index contributed by atoms with van der Waals surface area (Å²) in [7, 11) is 2.08. The van der Waals surface area contributed by atoms with Gasteiger partial charge in [0.15, 0.2) is 11.9 Å². The molecule has 0 aliphatic carbocycles. The highest BCUT2D eigenvalue weighted by molar-refractivity contribution is 7.26. The number of aromatic nitrogens is 1. The van der Waals surface area contributed by atoms with E-state index in [2.05, 4.69) is 59.9 Å². The van der Waals surface area contributed by atoms with E-state index in [1.165, 1.54) is 37.0 Å². The fourth-order valence-corrected chi connectivity index (χ4v) is 4.44. The molecule has 0 radical (unpaired) electrons. The van der Waals surface area contributed by atoms with Crippen LogP contribution >= 0.6 is 11.3 Å². The molecule has 23 heavy (non-hydrogen) atoms. The SMILES string of the molecule is [C-]#[N+]c1ccc2c(c1)sc1c(-c3cccc[n+]3C)c(C)ccc12. The molecule has 0 bridgehead atoms. The predicted octanol–water partition coefficient (Wildman–Crippen LogP) is 5.41.